The Morgan fingerprint density at radius 3 is 2.57 bits per heavy atom. The van der Waals surface area contributed by atoms with Gasteiger partial charge in [0.1, 0.15) is 6.33 Å². The number of hydrogen-bond donors (Lipinski definition) is 1. The van der Waals surface area contributed by atoms with Crippen molar-refractivity contribution in [3.05, 3.63) is 47.9 Å². The van der Waals surface area contributed by atoms with Crippen molar-refractivity contribution in [1.29, 1.82) is 0 Å². The van der Waals surface area contributed by atoms with Crippen molar-refractivity contribution < 1.29 is 8.42 Å². The maximum atomic E-state index is 11.5. The van der Waals surface area contributed by atoms with Crippen LogP contribution in [0.5, 0.6) is 0 Å². The van der Waals surface area contributed by atoms with E-state index in [2.05, 4.69) is 20.6 Å². The molecule has 1 atom stereocenters. The maximum absolute atomic E-state index is 11.5. The van der Waals surface area contributed by atoms with Crippen molar-refractivity contribution in [2.45, 2.75) is 24.8 Å². The second-order valence-electron chi connectivity index (χ2n) is 5.51. The van der Waals surface area contributed by atoms with Crippen LogP contribution in [0.2, 0.25) is 0 Å². The third-order valence-electron chi connectivity index (χ3n) is 3.57. The normalized spacial score (nSPS) is 13.2. The topological polar surface area (TPSA) is 89.2 Å². The lowest BCUT2D eigenvalue weighted by Crippen LogP contribution is -2.09. The van der Waals surface area contributed by atoms with E-state index >= 15 is 0 Å². The summed E-state index contributed by atoms with van der Waals surface area (Å²) in [5.41, 5.74) is 3.30. The van der Waals surface area contributed by atoms with E-state index in [1.165, 1.54) is 6.26 Å². The number of rotatable bonds is 4. The molecule has 0 aliphatic carbocycles. The maximum Gasteiger partial charge on any atom is 0.200 e. The minimum atomic E-state index is -3.18. The summed E-state index contributed by atoms with van der Waals surface area (Å²) in [4.78, 5) is 0.313. The second-order valence-corrected chi connectivity index (χ2v) is 7.52. The molecule has 7 nitrogen and oxygen atoms in total. The summed E-state index contributed by atoms with van der Waals surface area (Å²) in [7, 11) is -3.18. The molecular formula is C15H17N5O2S. The minimum absolute atomic E-state index is 0.0223. The zero-order valence-electron chi connectivity index (χ0n) is 13.1. The number of aryl methyl sites for hydroxylation is 1. The van der Waals surface area contributed by atoms with Gasteiger partial charge in [-0.1, -0.05) is 12.1 Å². The molecule has 0 fully saturated rings. The van der Waals surface area contributed by atoms with Crippen LogP contribution in [0.15, 0.2) is 41.6 Å². The predicted molar refractivity (Wildman–Crippen MR) is 87.1 cm³/mol. The molecule has 1 N–H and O–H groups in total. The Labute approximate surface area is 134 Å². The molecule has 3 aromatic rings. The van der Waals surface area contributed by atoms with Gasteiger partial charge in [-0.3, -0.25) is 0 Å². The molecule has 2 aromatic heterocycles. The second kappa shape index (κ2) is 5.62. The van der Waals surface area contributed by atoms with Crippen LogP contribution in [-0.2, 0) is 9.84 Å². The van der Waals surface area contributed by atoms with Gasteiger partial charge in [0.25, 0.3) is 0 Å². The van der Waals surface area contributed by atoms with E-state index < -0.39 is 9.84 Å². The Morgan fingerprint density at radius 1 is 1.22 bits per heavy atom. The summed E-state index contributed by atoms with van der Waals surface area (Å²) in [5, 5.41) is 15.6. The summed E-state index contributed by atoms with van der Waals surface area (Å²) in [5.74, 6) is 0. The number of sulfone groups is 1. The average Bonchev–Trinajstić information content (AvgIpc) is 2.94. The highest BCUT2D eigenvalue weighted by molar-refractivity contribution is 7.90. The predicted octanol–water partition coefficient (Wildman–Crippen LogP) is 2.01. The van der Waals surface area contributed by atoms with Crippen molar-refractivity contribution in [3.63, 3.8) is 0 Å². The van der Waals surface area contributed by atoms with Gasteiger partial charge in [0, 0.05) is 12.3 Å². The molecule has 0 saturated heterocycles. The van der Waals surface area contributed by atoms with Gasteiger partial charge in [0.05, 0.1) is 16.3 Å². The van der Waals surface area contributed by atoms with Gasteiger partial charge in [-0.05, 0) is 37.6 Å². The summed E-state index contributed by atoms with van der Waals surface area (Å²) < 4.78 is 24.7. The summed E-state index contributed by atoms with van der Waals surface area (Å²) in [6, 6.07) is 8.74. The molecule has 2 heterocycles. The molecule has 0 spiro atoms. The fourth-order valence-electron chi connectivity index (χ4n) is 2.38. The molecule has 0 amide bonds. The number of nitrogens with zero attached hydrogens (tertiary/aromatic N) is 4. The first-order chi connectivity index (χ1) is 10.8. The minimum Gasteiger partial charge on any atom is -0.375 e. The quantitative estimate of drug-likeness (QED) is 0.786. The summed E-state index contributed by atoms with van der Waals surface area (Å²) in [6.07, 6.45) is 2.75. The van der Waals surface area contributed by atoms with Gasteiger partial charge in [-0.2, -0.15) is 9.61 Å². The van der Waals surface area contributed by atoms with Gasteiger partial charge in [-0.25, -0.2) is 8.42 Å². The molecule has 0 radical (unpaired) electrons. The molecule has 0 aliphatic rings. The van der Waals surface area contributed by atoms with Crippen LogP contribution >= 0.6 is 0 Å². The fourth-order valence-corrected chi connectivity index (χ4v) is 3.01. The molecule has 3 rings (SSSR count). The van der Waals surface area contributed by atoms with Gasteiger partial charge in [0.15, 0.2) is 9.84 Å². The molecule has 1 aromatic carbocycles. The Kier molecular flexibility index (Phi) is 3.77. The van der Waals surface area contributed by atoms with E-state index in [0.29, 0.717) is 10.5 Å². The van der Waals surface area contributed by atoms with Crippen molar-refractivity contribution in [3.8, 4) is 0 Å². The number of nitrogens with one attached hydrogen (secondary N) is 1. The van der Waals surface area contributed by atoms with Crippen LogP contribution in [0.3, 0.4) is 0 Å². The van der Waals surface area contributed by atoms with E-state index in [1.807, 2.05) is 32.0 Å². The van der Waals surface area contributed by atoms with Crippen LogP contribution in [0.4, 0.5) is 5.69 Å². The SMILES string of the molecule is Cc1cc(NC(C)c2ccc(S(C)(=O)=O)cc2)c2nncn2n1. The highest BCUT2D eigenvalue weighted by Crippen LogP contribution is 2.23. The van der Waals surface area contributed by atoms with Crippen molar-refractivity contribution in [1.82, 2.24) is 19.8 Å². The number of benzene rings is 1. The number of aromatic nitrogens is 4. The smallest absolute Gasteiger partial charge is 0.200 e. The largest absolute Gasteiger partial charge is 0.375 e. The van der Waals surface area contributed by atoms with Gasteiger partial charge in [0.2, 0.25) is 5.65 Å². The Morgan fingerprint density at radius 2 is 1.91 bits per heavy atom. The number of anilines is 1. The van der Waals surface area contributed by atoms with E-state index in [4.69, 9.17) is 0 Å². The zero-order chi connectivity index (χ0) is 16.6. The van der Waals surface area contributed by atoms with Crippen molar-refractivity contribution in [2.24, 2.45) is 0 Å². The van der Waals surface area contributed by atoms with Crippen LogP contribution in [0.25, 0.3) is 5.65 Å². The standard InChI is InChI=1S/C15H17N5O2S/c1-10-8-14(15-18-16-9-20(15)19-10)17-11(2)12-4-6-13(7-5-12)23(3,21)22/h4-9,11,17H,1-3H3. The number of fused-ring (bicyclic) bond motifs is 1. The van der Waals surface area contributed by atoms with E-state index in [-0.39, 0.29) is 6.04 Å². The highest BCUT2D eigenvalue weighted by Gasteiger charge is 2.12. The van der Waals surface area contributed by atoms with Crippen LogP contribution < -0.4 is 5.32 Å². The lowest BCUT2D eigenvalue weighted by Gasteiger charge is -2.16. The highest BCUT2D eigenvalue weighted by atomic mass is 32.2. The monoisotopic (exact) mass is 331 g/mol. The van der Waals surface area contributed by atoms with Gasteiger partial charge < -0.3 is 5.32 Å². The zero-order valence-corrected chi connectivity index (χ0v) is 13.9. The molecule has 1 unspecified atom stereocenters. The molecule has 0 saturated carbocycles. The van der Waals surface area contributed by atoms with E-state index in [1.54, 1.807) is 23.0 Å². The first-order valence-corrected chi connectivity index (χ1v) is 8.98. The molecule has 0 aliphatic heterocycles. The molecule has 8 heteroatoms. The average molecular weight is 331 g/mol. The van der Waals surface area contributed by atoms with E-state index in [9.17, 15) is 8.42 Å². The third-order valence-corrected chi connectivity index (χ3v) is 4.70. The Hall–Kier alpha value is -2.48. The van der Waals surface area contributed by atoms with E-state index in [0.717, 1.165) is 16.9 Å². The Balaban J connectivity index is 1.88. The van der Waals surface area contributed by atoms with Crippen molar-refractivity contribution >= 4 is 21.2 Å². The lowest BCUT2D eigenvalue weighted by molar-refractivity contribution is 0.602. The first-order valence-electron chi connectivity index (χ1n) is 7.09. The third kappa shape index (κ3) is 3.16. The van der Waals surface area contributed by atoms with Gasteiger partial charge >= 0.3 is 0 Å². The van der Waals surface area contributed by atoms with Crippen LogP contribution in [-0.4, -0.2) is 34.5 Å². The molecule has 23 heavy (non-hydrogen) atoms. The summed E-state index contributed by atoms with van der Waals surface area (Å²) >= 11 is 0. The van der Waals surface area contributed by atoms with Crippen LogP contribution in [0, 0.1) is 6.92 Å². The molecule has 120 valence electrons. The lowest BCUT2D eigenvalue weighted by atomic mass is 10.1. The fraction of sp³-hybridized carbons (Fsp3) is 0.267. The van der Waals surface area contributed by atoms with Crippen molar-refractivity contribution in [2.75, 3.05) is 11.6 Å². The number of hydrogen-bond acceptors (Lipinski definition) is 6. The first kappa shape index (κ1) is 15.4. The van der Waals surface area contributed by atoms with Crippen LogP contribution in [0.1, 0.15) is 24.2 Å². The Bertz CT molecular complexity index is 948. The molecule has 0 bridgehead atoms. The van der Waals surface area contributed by atoms with Gasteiger partial charge in [-0.15, -0.1) is 10.2 Å². The summed E-state index contributed by atoms with van der Waals surface area (Å²) in [6.45, 7) is 3.90. The molecular weight excluding hydrogens is 314 g/mol.